The number of rotatable bonds is 11. The SMILES string of the molecule is CC(=O)C(O)(CCCCN)C(=O)N(C(=O)N(C)NC(=O)[C@@H]1CCCN1C(=O)[C@H](C)NC(=O)[C@H](C)N)c1ccccc1. The van der Waals surface area contributed by atoms with Gasteiger partial charge in [-0.1, -0.05) is 18.2 Å². The molecule has 4 atom stereocenters. The van der Waals surface area contributed by atoms with Crippen molar-refractivity contribution in [3.8, 4) is 0 Å². The van der Waals surface area contributed by atoms with Gasteiger partial charge in [-0.25, -0.2) is 14.7 Å². The minimum atomic E-state index is -2.50. The molecule has 1 aromatic carbocycles. The molecule has 1 unspecified atom stereocenters. The van der Waals surface area contributed by atoms with Crippen LogP contribution < -0.4 is 27.1 Å². The highest BCUT2D eigenvalue weighted by atomic mass is 16.3. The van der Waals surface area contributed by atoms with Crippen molar-refractivity contribution in [2.45, 2.75) is 76.6 Å². The summed E-state index contributed by atoms with van der Waals surface area (Å²) in [6, 6.07) is 3.94. The topological polar surface area (TPSA) is 208 Å². The lowest BCUT2D eigenvalue weighted by molar-refractivity contribution is -0.149. The summed E-state index contributed by atoms with van der Waals surface area (Å²) in [5, 5.41) is 14.4. The van der Waals surface area contributed by atoms with Crippen molar-refractivity contribution < 1.29 is 33.9 Å². The van der Waals surface area contributed by atoms with Crippen LogP contribution >= 0.6 is 0 Å². The summed E-state index contributed by atoms with van der Waals surface area (Å²) in [7, 11) is 1.21. The van der Waals surface area contributed by atoms with E-state index in [2.05, 4.69) is 10.7 Å². The number of anilines is 1. The van der Waals surface area contributed by atoms with Crippen LogP contribution in [0.1, 0.15) is 52.9 Å². The lowest BCUT2D eigenvalue weighted by Gasteiger charge is -2.34. The second kappa shape index (κ2) is 14.7. The molecule has 0 aliphatic carbocycles. The molecule has 0 aromatic heterocycles. The van der Waals surface area contributed by atoms with Crippen LogP contribution in [-0.4, -0.2) is 94.3 Å². The van der Waals surface area contributed by atoms with Crippen LogP contribution in [0.3, 0.4) is 0 Å². The number of unbranched alkanes of at least 4 members (excludes halogenated alkanes) is 1. The highest BCUT2D eigenvalue weighted by Crippen LogP contribution is 2.25. The van der Waals surface area contributed by atoms with Gasteiger partial charge in [-0.3, -0.25) is 29.4 Å². The van der Waals surface area contributed by atoms with Crippen LogP contribution in [0.25, 0.3) is 0 Å². The molecule has 2 rings (SSSR count). The summed E-state index contributed by atoms with van der Waals surface area (Å²) in [6.45, 7) is 4.57. The first-order valence-electron chi connectivity index (χ1n) is 13.5. The number of hydrazine groups is 1. The number of carbonyl (C=O) groups excluding carboxylic acids is 6. The molecule has 1 aliphatic heterocycles. The summed E-state index contributed by atoms with van der Waals surface area (Å²) in [5.74, 6) is -3.71. The first-order chi connectivity index (χ1) is 19.3. The normalized spacial score (nSPS) is 17.5. The second-order valence-electron chi connectivity index (χ2n) is 10.2. The number of carbonyl (C=O) groups is 6. The van der Waals surface area contributed by atoms with E-state index in [1.54, 1.807) is 18.2 Å². The average molecular weight is 576 g/mol. The van der Waals surface area contributed by atoms with Crippen LogP contribution in [0.4, 0.5) is 10.5 Å². The molecule has 1 aliphatic rings. The molecule has 1 heterocycles. The number of urea groups is 1. The van der Waals surface area contributed by atoms with Gasteiger partial charge >= 0.3 is 6.03 Å². The zero-order valence-electron chi connectivity index (χ0n) is 24.0. The first-order valence-corrected chi connectivity index (χ1v) is 13.5. The molecule has 14 heteroatoms. The molecule has 226 valence electrons. The maximum absolute atomic E-state index is 13.6. The number of aliphatic hydroxyl groups is 1. The Morgan fingerprint density at radius 2 is 1.76 bits per heavy atom. The smallest absolute Gasteiger partial charge is 0.349 e. The van der Waals surface area contributed by atoms with Crippen molar-refractivity contribution in [2.24, 2.45) is 11.5 Å². The molecule has 6 amide bonds. The van der Waals surface area contributed by atoms with Gasteiger partial charge in [0.15, 0.2) is 5.78 Å². The molecule has 7 N–H and O–H groups in total. The highest BCUT2D eigenvalue weighted by molar-refractivity contribution is 6.24. The summed E-state index contributed by atoms with van der Waals surface area (Å²) in [5.41, 5.74) is 11.0. The number of nitrogens with two attached hydrogens (primary N) is 2. The van der Waals surface area contributed by atoms with E-state index >= 15 is 0 Å². The standard InChI is InChI=1S/C27H41N7O7/c1-17(29)22(36)30-18(2)24(38)33-16-10-13-21(33)23(37)31-32(4)26(40)34(20-11-6-5-7-12-20)25(39)27(41,19(3)35)14-8-9-15-28/h5-7,11-12,17-18,21,41H,8-10,13-16,28-29H2,1-4H3,(H,30,36)(H,31,37)/t17-,18-,21-,27?/m0/s1. The fraction of sp³-hybridized carbons (Fsp3) is 0.556. The average Bonchev–Trinajstić information content (AvgIpc) is 3.43. The molecule has 1 fully saturated rings. The number of nitrogens with zero attached hydrogens (tertiary/aromatic N) is 3. The van der Waals surface area contributed by atoms with Crippen molar-refractivity contribution in [3.63, 3.8) is 0 Å². The van der Waals surface area contributed by atoms with Crippen molar-refractivity contribution in [3.05, 3.63) is 30.3 Å². The predicted octanol–water partition coefficient (Wildman–Crippen LogP) is -0.605. The van der Waals surface area contributed by atoms with E-state index < -0.39 is 59.2 Å². The number of Topliss-reactive ketones (excluding diaryl/α,β-unsaturated/α-hetero) is 1. The van der Waals surface area contributed by atoms with Gasteiger partial charge in [0.25, 0.3) is 11.8 Å². The Kier molecular flexibility index (Phi) is 11.9. The molecule has 41 heavy (non-hydrogen) atoms. The molecule has 0 saturated carbocycles. The fourth-order valence-electron chi connectivity index (χ4n) is 4.43. The Labute approximate surface area is 239 Å². The van der Waals surface area contributed by atoms with Crippen molar-refractivity contribution in [1.29, 1.82) is 0 Å². The van der Waals surface area contributed by atoms with E-state index in [1.807, 2.05) is 0 Å². The Hall–Kier alpha value is -3.88. The molecule has 1 aromatic rings. The van der Waals surface area contributed by atoms with Crippen LogP contribution in [-0.2, 0) is 24.0 Å². The molecule has 0 spiro atoms. The Bertz CT molecular complexity index is 1130. The van der Waals surface area contributed by atoms with Gasteiger partial charge in [0.05, 0.1) is 11.7 Å². The number of imide groups is 1. The summed E-state index contributed by atoms with van der Waals surface area (Å²) >= 11 is 0. The zero-order chi connectivity index (χ0) is 30.9. The van der Waals surface area contributed by atoms with Crippen LogP contribution in [0.15, 0.2) is 30.3 Å². The van der Waals surface area contributed by atoms with Gasteiger partial charge in [-0.05, 0) is 71.6 Å². The van der Waals surface area contributed by atoms with E-state index in [1.165, 1.54) is 37.9 Å². The fourth-order valence-corrected chi connectivity index (χ4v) is 4.43. The maximum atomic E-state index is 13.6. The number of ketones is 1. The third-order valence-corrected chi connectivity index (χ3v) is 6.88. The highest BCUT2D eigenvalue weighted by Gasteiger charge is 2.47. The van der Waals surface area contributed by atoms with E-state index in [9.17, 15) is 33.9 Å². The van der Waals surface area contributed by atoms with E-state index in [0.29, 0.717) is 24.2 Å². The molecule has 1 saturated heterocycles. The van der Waals surface area contributed by atoms with E-state index in [-0.39, 0.29) is 31.6 Å². The summed E-state index contributed by atoms with van der Waals surface area (Å²) in [4.78, 5) is 79.7. The zero-order valence-corrected chi connectivity index (χ0v) is 24.0. The summed E-state index contributed by atoms with van der Waals surface area (Å²) < 4.78 is 0. The minimum Gasteiger partial charge on any atom is -0.373 e. The Morgan fingerprint density at radius 1 is 1.12 bits per heavy atom. The van der Waals surface area contributed by atoms with Gasteiger partial charge in [0, 0.05) is 13.6 Å². The summed E-state index contributed by atoms with van der Waals surface area (Å²) in [6.07, 6.45) is 1.28. The Balaban J connectivity index is 2.26. The van der Waals surface area contributed by atoms with Gasteiger partial charge in [0.2, 0.25) is 17.4 Å². The number of benzene rings is 1. The largest absolute Gasteiger partial charge is 0.373 e. The van der Waals surface area contributed by atoms with Gasteiger partial charge < -0.3 is 26.8 Å². The molecule has 0 bridgehead atoms. The first kappa shape index (κ1) is 33.3. The molecular formula is C27H41N7O7. The molecule has 14 nitrogen and oxygen atoms in total. The molecule has 0 radical (unpaired) electrons. The number of hydrogen-bond donors (Lipinski definition) is 5. The van der Waals surface area contributed by atoms with Gasteiger partial charge in [0.1, 0.15) is 12.1 Å². The number of amides is 6. The Morgan fingerprint density at radius 3 is 2.32 bits per heavy atom. The lowest BCUT2D eigenvalue weighted by Crippen LogP contribution is -2.61. The number of hydrogen-bond acceptors (Lipinski definition) is 9. The van der Waals surface area contributed by atoms with Crippen molar-refractivity contribution >= 4 is 41.1 Å². The monoisotopic (exact) mass is 575 g/mol. The van der Waals surface area contributed by atoms with Crippen molar-refractivity contribution in [2.75, 3.05) is 25.0 Å². The maximum Gasteiger partial charge on any atom is 0.349 e. The van der Waals surface area contributed by atoms with Crippen LogP contribution in [0, 0.1) is 0 Å². The van der Waals surface area contributed by atoms with Gasteiger partial charge in [-0.2, -0.15) is 0 Å². The van der Waals surface area contributed by atoms with Gasteiger partial charge in [-0.15, -0.1) is 0 Å². The third-order valence-electron chi connectivity index (χ3n) is 6.88. The van der Waals surface area contributed by atoms with E-state index in [0.717, 1.165) is 11.9 Å². The second-order valence-corrected chi connectivity index (χ2v) is 10.2. The molecular weight excluding hydrogens is 534 g/mol. The lowest BCUT2D eigenvalue weighted by atomic mass is 9.90. The predicted molar refractivity (Wildman–Crippen MR) is 150 cm³/mol. The quantitative estimate of drug-likeness (QED) is 0.129. The third kappa shape index (κ3) is 8.08. The minimum absolute atomic E-state index is 0.0680. The van der Waals surface area contributed by atoms with E-state index in [4.69, 9.17) is 11.5 Å². The van der Waals surface area contributed by atoms with Crippen LogP contribution in [0.2, 0.25) is 0 Å². The number of nitrogens with one attached hydrogen (secondary N) is 2. The number of para-hydroxylation sites is 1. The van der Waals surface area contributed by atoms with Crippen LogP contribution in [0.5, 0.6) is 0 Å². The van der Waals surface area contributed by atoms with Crippen molar-refractivity contribution in [1.82, 2.24) is 20.7 Å². The number of likely N-dealkylation sites (tertiary alicyclic amines) is 1.